The molecule has 1 aromatic carbocycles. The Kier molecular flexibility index (Phi) is 6.76. The molecule has 1 amide bonds. The van der Waals surface area contributed by atoms with Crippen LogP contribution in [0.2, 0.25) is 0 Å². The molecule has 0 radical (unpaired) electrons. The minimum atomic E-state index is -4.59. The molecular formula is C21H22F5N3O2. The molecule has 3 rings (SSSR count). The average molecular weight is 443 g/mol. The van der Waals surface area contributed by atoms with Crippen molar-refractivity contribution in [2.24, 2.45) is 5.92 Å². The number of ether oxygens (including phenoxy) is 1. The van der Waals surface area contributed by atoms with Crippen molar-refractivity contribution in [2.75, 3.05) is 6.54 Å². The summed E-state index contributed by atoms with van der Waals surface area (Å²) in [6.45, 7) is 0.801. The lowest BCUT2D eigenvalue weighted by Crippen LogP contribution is -2.55. The van der Waals surface area contributed by atoms with Crippen LogP contribution in [0.25, 0.3) is 0 Å². The van der Waals surface area contributed by atoms with E-state index in [1.54, 1.807) is 37.3 Å². The van der Waals surface area contributed by atoms with E-state index in [9.17, 15) is 26.7 Å². The minimum absolute atomic E-state index is 0.0484. The highest BCUT2D eigenvalue weighted by molar-refractivity contribution is 5.68. The number of halogens is 5. The van der Waals surface area contributed by atoms with Crippen molar-refractivity contribution in [1.29, 1.82) is 0 Å². The minimum Gasteiger partial charge on any atom is -0.445 e. The third kappa shape index (κ3) is 6.11. The van der Waals surface area contributed by atoms with E-state index in [1.807, 2.05) is 0 Å². The molecule has 0 bridgehead atoms. The second-order valence-electron chi connectivity index (χ2n) is 7.70. The van der Waals surface area contributed by atoms with Crippen LogP contribution in [0.4, 0.5) is 26.7 Å². The molecule has 2 aromatic rings. The van der Waals surface area contributed by atoms with E-state index in [4.69, 9.17) is 4.74 Å². The summed E-state index contributed by atoms with van der Waals surface area (Å²) in [5, 5.41) is 0. The zero-order valence-corrected chi connectivity index (χ0v) is 16.8. The molecule has 1 saturated heterocycles. The Morgan fingerprint density at radius 3 is 2.52 bits per heavy atom. The molecule has 0 unspecified atom stereocenters. The van der Waals surface area contributed by atoms with Crippen LogP contribution < -0.4 is 0 Å². The largest absolute Gasteiger partial charge is 0.445 e. The number of piperidine rings is 1. The molecule has 0 saturated carbocycles. The van der Waals surface area contributed by atoms with Crippen LogP contribution in [-0.4, -0.2) is 39.5 Å². The number of benzene rings is 1. The van der Waals surface area contributed by atoms with Crippen molar-refractivity contribution in [1.82, 2.24) is 14.9 Å². The van der Waals surface area contributed by atoms with E-state index in [0.717, 1.165) is 16.7 Å². The summed E-state index contributed by atoms with van der Waals surface area (Å²) in [7, 11) is 0. The van der Waals surface area contributed by atoms with Crippen LogP contribution in [-0.2, 0) is 23.9 Å². The molecule has 1 aromatic heterocycles. The number of hydrogen-bond donors (Lipinski definition) is 0. The van der Waals surface area contributed by atoms with Gasteiger partial charge in [-0.1, -0.05) is 37.3 Å². The molecule has 0 spiro atoms. The topological polar surface area (TPSA) is 55.3 Å². The zero-order chi connectivity index (χ0) is 22.6. The highest BCUT2D eigenvalue weighted by atomic mass is 19.4. The predicted octanol–water partition coefficient (Wildman–Crippen LogP) is 5.11. The van der Waals surface area contributed by atoms with Gasteiger partial charge in [-0.05, 0) is 24.3 Å². The lowest BCUT2D eigenvalue weighted by molar-refractivity contribution is -0.141. The van der Waals surface area contributed by atoms with Gasteiger partial charge in [0.1, 0.15) is 6.61 Å². The van der Waals surface area contributed by atoms with Crippen LogP contribution in [0, 0.1) is 5.92 Å². The van der Waals surface area contributed by atoms with Gasteiger partial charge in [0.25, 0.3) is 5.92 Å². The Bertz CT molecular complexity index is 875. The van der Waals surface area contributed by atoms with Crippen molar-refractivity contribution >= 4 is 6.09 Å². The molecule has 168 valence electrons. The summed E-state index contributed by atoms with van der Waals surface area (Å²) in [6.07, 6.45) is -3.74. The molecular weight excluding hydrogens is 421 g/mol. The number of carbonyl (C=O) groups excluding carboxylic acids is 1. The number of likely N-dealkylation sites (tertiary alicyclic amines) is 1. The molecule has 0 N–H and O–H groups in total. The molecule has 2 heterocycles. The number of carbonyl (C=O) groups is 1. The molecule has 2 atom stereocenters. The maximum Gasteiger partial charge on any atom is 0.434 e. The zero-order valence-electron chi connectivity index (χ0n) is 16.8. The lowest BCUT2D eigenvalue weighted by Gasteiger charge is -2.42. The van der Waals surface area contributed by atoms with E-state index >= 15 is 0 Å². The summed E-state index contributed by atoms with van der Waals surface area (Å²) in [4.78, 5) is 20.7. The molecule has 1 fully saturated rings. The van der Waals surface area contributed by atoms with Crippen molar-refractivity contribution in [3.8, 4) is 0 Å². The Morgan fingerprint density at radius 1 is 1.19 bits per heavy atom. The van der Waals surface area contributed by atoms with Crippen LogP contribution in [0.1, 0.15) is 36.7 Å². The standard InChI is InChI=1S/C21H22F5N3O2/c1-14-9-20(22,23)13-29(19(30)31-12-15-5-3-2-4-6-15)17(14)8-7-16-10-28-18(11-27-16)21(24,25)26/h2-6,10-11,14,17H,7-9,12-13H2,1H3/t14-,17-/m1/s1. The first-order valence-electron chi connectivity index (χ1n) is 9.78. The Labute approximate surface area is 176 Å². The van der Waals surface area contributed by atoms with Gasteiger partial charge in [-0.3, -0.25) is 9.88 Å². The van der Waals surface area contributed by atoms with Gasteiger partial charge >= 0.3 is 12.3 Å². The SMILES string of the molecule is C[C@@H]1CC(F)(F)CN(C(=O)OCc2ccccc2)[C@@H]1CCc1cnc(C(F)(F)F)cn1. The first-order chi connectivity index (χ1) is 14.5. The van der Waals surface area contributed by atoms with Gasteiger partial charge in [-0.15, -0.1) is 0 Å². The smallest absolute Gasteiger partial charge is 0.434 e. The second-order valence-corrected chi connectivity index (χ2v) is 7.70. The van der Waals surface area contributed by atoms with Crippen molar-refractivity contribution < 1.29 is 31.5 Å². The first-order valence-corrected chi connectivity index (χ1v) is 9.78. The van der Waals surface area contributed by atoms with Gasteiger partial charge in [-0.25, -0.2) is 18.6 Å². The van der Waals surface area contributed by atoms with Crippen molar-refractivity contribution in [3.63, 3.8) is 0 Å². The summed E-state index contributed by atoms with van der Waals surface area (Å²) in [5.74, 6) is -3.58. The van der Waals surface area contributed by atoms with Crippen LogP contribution >= 0.6 is 0 Å². The lowest BCUT2D eigenvalue weighted by atomic mass is 9.86. The Balaban J connectivity index is 1.67. The van der Waals surface area contributed by atoms with Crippen molar-refractivity contribution in [2.45, 2.75) is 50.9 Å². The fourth-order valence-electron chi connectivity index (χ4n) is 3.71. The normalized spacial score (nSPS) is 21.0. The Morgan fingerprint density at radius 2 is 1.90 bits per heavy atom. The third-order valence-corrected chi connectivity index (χ3v) is 5.21. The first kappa shape index (κ1) is 22.9. The van der Waals surface area contributed by atoms with E-state index < -0.39 is 48.8 Å². The van der Waals surface area contributed by atoms with Crippen molar-refractivity contribution in [3.05, 3.63) is 59.7 Å². The molecule has 31 heavy (non-hydrogen) atoms. The molecule has 10 heteroatoms. The number of aromatic nitrogens is 2. The molecule has 0 aliphatic carbocycles. The fraction of sp³-hybridized carbons (Fsp3) is 0.476. The maximum atomic E-state index is 14.1. The van der Waals surface area contributed by atoms with Gasteiger partial charge < -0.3 is 4.74 Å². The van der Waals surface area contributed by atoms with Gasteiger partial charge in [0.05, 0.1) is 18.4 Å². The summed E-state index contributed by atoms with van der Waals surface area (Å²) in [6, 6.07) is 8.29. The number of amides is 1. The Hall–Kier alpha value is -2.78. The fourth-order valence-corrected chi connectivity index (χ4v) is 3.71. The maximum absolute atomic E-state index is 14.1. The van der Waals surface area contributed by atoms with E-state index in [-0.39, 0.29) is 25.1 Å². The average Bonchev–Trinajstić information content (AvgIpc) is 2.71. The van der Waals surface area contributed by atoms with Crippen LogP contribution in [0.5, 0.6) is 0 Å². The van der Waals surface area contributed by atoms with E-state index in [1.165, 1.54) is 0 Å². The number of rotatable bonds is 5. The van der Waals surface area contributed by atoms with Gasteiger partial charge in [-0.2, -0.15) is 13.2 Å². The van der Waals surface area contributed by atoms with Gasteiger partial charge in [0, 0.05) is 18.7 Å². The molecule has 1 aliphatic rings. The number of nitrogens with zero attached hydrogens (tertiary/aromatic N) is 3. The highest BCUT2D eigenvalue weighted by Crippen LogP contribution is 2.36. The molecule has 1 aliphatic heterocycles. The quantitative estimate of drug-likeness (QED) is 0.603. The van der Waals surface area contributed by atoms with E-state index in [2.05, 4.69) is 9.97 Å². The monoisotopic (exact) mass is 443 g/mol. The highest BCUT2D eigenvalue weighted by Gasteiger charge is 2.46. The summed E-state index contributed by atoms with van der Waals surface area (Å²) < 4.78 is 71.4. The third-order valence-electron chi connectivity index (χ3n) is 5.21. The second kappa shape index (κ2) is 9.15. The van der Waals surface area contributed by atoms with Gasteiger partial charge in [0.2, 0.25) is 0 Å². The summed E-state index contributed by atoms with van der Waals surface area (Å²) in [5.41, 5.74) is -0.0903. The summed E-state index contributed by atoms with van der Waals surface area (Å²) >= 11 is 0. The van der Waals surface area contributed by atoms with Crippen LogP contribution in [0.15, 0.2) is 42.7 Å². The predicted molar refractivity (Wildman–Crippen MR) is 101 cm³/mol. The number of alkyl halides is 5. The van der Waals surface area contributed by atoms with Crippen LogP contribution in [0.3, 0.4) is 0 Å². The number of aryl methyl sites for hydroxylation is 1. The van der Waals surface area contributed by atoms with Gasteiger partial charge in [0.15, 0.2) is 5.69 Å². The molecule has 5 nitrogen and oxygen atoms in total. The van der Waals surface area contributed by atoms with E-state index in [0.29, 0.717) is 6.20 Å². The number of hydrogen-bond acceptors (Lipinski definition) is 4.